The first-order valence-corrected chi connectivity index (χ1v) is 11.1. The lowest BCUT2D eigenvalue weighted by Crippen LogP contribution is -2.18. The number of carbonyl (C=O) groups is 2. The van der Waals surface area contributed by atoms with Crippen LogP contribution in [0.4, 0.5) is 11.8 Å². The fourth-order valence-electron chi connectivity index (χ4n) is 3.25. The van der Waals surface area contributed by atoms with E-state index in [-0.39, 0.29) is 40.3 Å². The molecule has 0 unspecified atom stereocenters. The summed E-state index contributed by atoms with van der Waals surface area (Å²) >= 11 is 0. The summed E-state index contributed by atoms with van der Waals surface area (Å²) in [7, 11) is 1.45. The monoisotopic (exact) mass is 460 g/mol. The maximum absolute atomic E-state index is 12.7. The Balaban J connectivity index is 1.76. The van der Waals surface area contributed by atoms with Crippen molar-refractivity contribution in [1.82, 2.24) is 9.97 Å². The van der Waals surface area contributed by atoms with Crippen molar-refractivity contribution in [2.75, 3.05) is 17.7 Å². The van der Waals surface area contributed by atoms with Gasteiger partial charge >= 0.3 is 0 Å². The molecule has 1 aromatic heterocycles. The standard InChI is InChI=1S/C27H32N4O3/c1-26(2,3)19-12-8-17(9-13-19)23(32)28-21-16-22(34-7)30-25(29-21)31-24(33)18-10-14-20(15-11-18)27(4,5)6/h8-16H,1-7H3,(H2,28,29,30,31,32,33). The van der Waals surface area contributed by atoms with Crippen molar-refractivity contribution in [2.24, 2.45) is 0 Å². The van der Waals surface area contributed by atoms with Crippen LogP contribution in [-0.2, 0) is 10.8 Å². The molecule has 2 amide bonds. The summed E-state index contributed by atoms with van der Waals surface area (Å²) in [6.07, 6.45) is 0. The maximum atomic E-state index is 12.7. The van der Waals surface area contributed by atoms with Crippen molar-refractivity contribution < 1.29 is 14.3 Å². The van der Waals surface area contributed by atoms with Crippen molar-refractivity contribution in [1.29, 1.82) is 0 Å². The summed E-state index contributed by atoms with van der Waals surface area (Å²) in [6.45, 7) is 12.7. The topological polar surface area (TPSA) is 93.2 Å². The fourth-order valence-corrected chi connectivity index (χ4v) is 3.25. The minimum atomic E-state index is -0.358. The first kappa shape index (κ1) is 24.9. The van der Waals surface area contributed by atoms with Gasteiger partial charge in [-0.1, -0.05) is 65.8 Å². The first-order valence-electron chi connectivity index (χ1n) is 11.1. The van der Waals surface area contributed by atoms with Crippen LogP contribution in [-0.4, -0.2) is 28.9 Å². The van der Waals surface area contributed by atoms with Gasteiger partial charge in [-0.05, 0) is 46.2 Å². The Bertz CT molecular complexity index is 1080. The van der Waals surface area contributed by atoms with Crippen molar-refractivity contribution in [3.63, 3.8) is 0 Å². The molecule has 2 aromatic carbocycles. The lowest BCUT2D eigenvalue weighted by molar-refractivity contribution is 0.101. The molecule has 1 heterocycles. The lowest BCUT2D eigenvalue weighted by atomic mass is 9.86. The number of hydrogen-bond donors (Lipinski definition) is 2. The van der Waals surface area contributed by atoms with E-state index in [1.807, 2.05) is 24.3 Å². The van der Waals surface area contributed by atoms with Gasteiger partial charge in [0.2, 0.25) is 11.8 Å². The second-order valence-electron chi connectivity index (χ2n) is 10.2. The van der Waals surface area contributed by atoms with Crippen LogP contribution in [0, 0.1) is 0 Å². The zero-order valence-electron chi connectivity index (χ0n) is 20.8. The fraction of sp³-hybridized carbons (Fsp3) is 0.333. The molecule has 0 saturated carbocycles. The first-order chi connectivity index (χ1) is 15.9. The molecule has 0 aliphatic rings. The van der Waals surface area contributed by atoms with Gasteiger partial charge in [0.15, 0.2) is 0 Å². The van der Waals surface area contributed by atoms with Crippen LogP contribution in [0.15, 0.2) is 54.6 Å². The molecule has 3 aromatic rings. The number of benzene rings is 2. The van der Waals surface area contributed by atoms with Crippen LogP contribution in [0.3, 0.4) is 0 Å². The highest BCUT2D eigenvalue weighted by Gasteiger charge is 2.17. The molecule has 0 radical (unpaired) electrons. The average molecular weight is 461 g/mol. The van der Waals surface area contributed by atoms with Crippen LogP contribution in [0.5, 0.6) is 5.88 Å². The number of amides is 2. The zero-order chi connectivity index (χ0) is 25.1. The van der Waals surface area contributed by atoms with Gasteiger partial charge < -0.3 is 10.1 Å². The van der Waals surface area contributed by atoms with Crippen LogP contribution < -0.4 is 15.4 Å². The largest absolute Gasteiger partial charge is 0.481 e. The molecular weight excluding hydrogens is 428 g/mol. The third-order valence-electron chi connectivity index (χ3n) is 5.40. The van der Waals surface area contributed by atoms with Crippen LogP contribution in [0.1, 0.15) is 73.4 Å². The molecule has 178 valence electrons. The lowest BCUT2D eigenvalue weighted by Gasteiger charge is -2.19. The Kier molecular flexibility index (Phi) is 7.05. The molecule has 2 N–H and O–H groups in total. The number of methoxy groups -OCH3 is 1. The van der Waals surface area contributed by atoms with Gasteiger partial charge in [0.05, 0.1) is 7.11 Å². The molecule has 34 heavy (non-hydrogen) atoms. The van der Waals surface area contributed by atoms with Crippen molar-refractivity contribution in [3.8, 4) is 5.88 Å². The molecule has 0 aliphatic heterocycles. The number of carbonyl (C=O) groups excluding carboxylic acids is 2. The van der Waals surface area contributed by atoms with Gasteiger partial charge in [-0.3, -0.25) is 14.9 Å². The summed E-state index contributed by atoms with van der Waals surface area (Å²) in [5, 5.41) is 5.42. The average Bonchev–Trinajstić information content (AvgIpc) is 2.77. The Morgan fingerprint density at radius 3 is 1.56 bits per heavy atom. The van der Waals surface area contributed by atoms with Crippen molar-refractivity contribution in [2.45, 2.75) is 52.4 Å². The predicted octanol–water partition coefficient (Wildman–Crippen LogP) is 5.58. The van der Waals surface area contributed by atoms with E-state index in [1.54, 1.807) is 24.3 Å². The zero-order valence-corrected chi connectivity index (χ0v) is 20.8. The van der Waals surface area contributed by atoms with Gasteiger partial charge in [0.25, 0.3) is 11.8 Å². The van der Waals surface area contributed by atoms with Crippen LogP contribution in [0.25, 0.3) is 0 Å². The molecular formula is C27H32N4O3. The van der Waals surface area contributed by atoms with Gasteiger partial charge in [0.1, 0.15) is 5.82 Å². The summed E-state index contributed by atoms with van der Waals surface area (Å²) in [6, 6.07) is 16.3. The van der Waals surface area contributed by atoms with Crippen molar-refractivity contribution in [3.05, 3.63) is 76.9 Å². The number of anilines is 2. The van der Waals surface area contributed by atoms with Crippen molar-refractivity contribution >= 4 is 23.6 Å². The molecule has 7 nitrogen and oxygen atoms in total. The van der Waals surface area contributed by atoms with E-state index >= 15 is 0 Å². The SMILES string of the molecule is COc1cc(NC(=O)c2ccc(C(C)(C)C)cc2)nc(NC(=O)c2ccc(C(C)(C)C)cc2)n1. The van der Waals surface area contributed by atoms with E-state index in [0.717, 1.165) is 11.1 Å². The number of nitrogens with one attached hydrogen (secondary N) is 2. The summed E-state index contributed by atoms with van der Waals surface area (Å²) < 4.78 is 5.22. The molecule has 0 atom stereocenters. The smallest absolute Gasteiger partial charge is 0.258 e. The summed E-state index contributed by atoms with van der Waals surface area (Å²) in [5.41, 5.74) is 3.22. The van der Waals surface area contributed by atoms with Crippen LogP contribution >= 0.6 is 0 Å². The summed E-state index contributed by atoms with van der Waals surface area (Å²) in [4.78, 5) is 33.9. The van der Waals surface area contributed by atoms with Crippen LogP contribution in [0.2, 0.25) is 0 Å². The number of nitrogens with zero attached hydrogens (tertiary/aromatic N) is 2. The predicted molar refractivity (Wildman–Crippen MR) is 135 cm³/mol. The molecule has 0 aliphatic carbocycles. The Morgan fingerprint density at radius 2 is 1.15 bits per heavy atom. The number of ether oxygens (including phenoxy) is 1. The van der Waals surface area contributed by atoms with E-state index in [9.17, 15) is 9.59 Å². The molecule has 0 bridgehead atoms. The van der Waals surface area contributed by atoms with E-state index in [4.69, 9.17) is 4.74 Å². The molecule has 0 fully saturated rings. The highest BCUT2D eigenvalue weighted by Crippen LogP contribution is 2.24. The van der Waals surface area contributed by atoms with E-state index in [1.165, 1.54) is 13.2 Å². The Labute approximate surface area is 201 Å². The Morgan fingerprint density at radius 1 is 0.706 bits per heavy atom. The summed E-state index contributed by atoms with van der Waals surface area (Å²) in [5.74, 6) is -0.218. The highest BCUT2D eigenvalue weighted by atomic mass is 16.5. The molecule has 7 heteroatoms. The molecule has 0 saturated heterocycles. The van der Waals surface area contributed by atoms with Gasteiger partial charge in [-0.15, -0.1) is 0 Å². The number of aromatic nitrogens is 2. The quantitative estimate of drug-likeness (QED) is 0.518. The number of rotatable bonds is 5. The third kappa shape index (κ3) is 6.19. The molecule has 3 rings (SSSR count). The highest BCUT2D eigenvalue weighted by molar-refractivity contribution is 6.05. The van der Waals surface area contributed by atoms with Gasteiger partial charge in [-0.2, -0.15) is 9.97 Å². The minimum Gasteiger partial charge on any atom is -0.481 e. The second kappa shape index (κ2) is 9.63. The third-order valence-corrected chi connectivity index (χ3v) is 5.40. The minimum absolute atomic E-state index is 0.00476. The van der Waals surface area contributed by atoms with E-state index in [2.05, 4.69) is 62.1 Å². The maximum Gasteiger partial charge on any atom is 0.258 e. The normalized spacial score (nSPS) is 11.6. The van der Waals surface area contributed by atoms with E-state index < -0.39 is 0 Å². The Hall–Kier alpha value is -3.74. The second-order valence-corrected chi connectivity index (χ2v) is 10.2. The van der Waals surface area contributed by atoms with Gasteiger partial charge in [-0.25, -0.2) is 0 Å². The van der Waals surface area contributed by atoms with E-state index in [0.29, 0.717) is 11.1 Å². The molecule has 0 spiro atoms. The number of hydrogen-bond acceptors (Lipinski definition) is 5. The van der Waals surface area contributed by atoms with Gasteiger partial charge in [0, 0.05) is 17.2 Å².